The highest BCUT2D eigenvalue weighted by molar-refractivity contribution is 6.42. The number of anilines is 1. The van der Waals surface area contributed by atoms with E-state index in [1.54, 1.807) is 12.1 Å². The summed E-state index contributed by atoms with van der Waals surface area (Å²) in [6, 6.07) is 27.1. The Bertz CT molecular complexity index is 2090. The number of hydrogen-bond acceptors (Lipinski definition) is 5. The minimum Gasteiger partial charge on any atom is -0.394 e. The molecule has 4 amide bonds. The van der Waals surface area contributed by atoms with Crippen molar-refractivity contribution in [2.24, 2.45) is 0 Å². The van der Waals surface area contributed by atoms with Crippen LogP contribution in [0.15, 0.2) is 91.0 Å². The number of hydrogen-bond donors (Lipinski definition) is 1. The zero-order valence-corrected chi connectivity index (χ0v) is 26.5. The fourth-order valence-electron chi connectivity index (χ4n) is 7.21. The maximum atomic E-state index is 14.9. The Hall–Kier alpha value is -5.40. The molecule has 1 unspecified atom stereocenters. The van der Waals surface area contributed by atoms with Gasteiger partial charge in [0.2, 0.25) is 0 Å². The highest BCUT2D eigenvalue weighted by Gasteiger charge is 2.45. The SMILES string of the molecule is CCc1cccc(CC)c1N1C(=O)c2cc(-c3ccccc3)c3c4c(cc(-c5ccccc5)c(c24)C1=O)C(=O)N(C(CC)CO)C3=O. The third kappa shape index (κ3) is 4.45. The van der Waals surface area contributed by atoms with Crippen LogP contribution in [0.25, 0.3) is 33.0 Å². The number of imide groups is 2. The van der Waals surface area contributed by atoms with Crippen molar-refractivity contribution in [1.29, 1.82) is 0 Å². The number of carbonyl (C=O) groups is 4. The van der Waals surface area contributed by atoms with Crippen molar-refractivity contribution in [3.63, 3.8) is 0 Å². The first-order valence-corrected chi connectivity index (χ1v) is 16.1. The lowest BCUT2D eigenvalue weighted by molar-refractivity contribution is 0.0465. The van der Waals surface area contributed by atoms with Crippen LogP contribution in [-0.4, -0.2) is 46.3 Å². The second-order valence-corrected chi connectivity index (χ2v) is 12.0. The lowest BCUT2D eigenvalue weighted by Gasteiger charge is -2.37. The third-order valence-electron chi connectivity index (χ3n) is 9.54. The van der Waals surface area contributed by atoms with Gasteiger partial charge in [0.15, 0.2) is 0 Å². The maximum Gasteiger partial charge on any atom is 0.266 e. The Morgan fingerprint density at radius 2 is 1.06 bits per heavy atom. The molecule has 7 heteroatoms. The number of aryl methyl sites for hydroxylation is 2. The summed E-state index contributed by atoms with van der Waals surface area (Å²) >= 11 is 0. The van der Waals surface area contributed by atoms with Crippen LogP contribution in [0.1, 0.15) is 79.8 Å². The Labute approximate surface area is 273 Å². The average Bonchev–Trinajstić information content (AvgIpc) is 3.11. The lowest BCUT2D eigenvalue weighted by Crippen LogP contribution is -2.49. The number of benzene rings is 5. The number of nitrogens with zero attached hydrogens (tertiary/aromatic N) is 2. The summed E-state index contributed by atoms with van der Waals surface area (Å²) in [7, 11) is 0. The molecule has 0 saturated carbocycles. The van der Waals surface area contributed by atoms with Crippen molar-refractivity contribution in [2.45, 2.75) is 46.1 Å². The quantitative estimate of drug-likeness (QED) is 0.181. The van der Waals surface area contributed by atoms with E-state index >= 15 is 0 Å². The molecular weight excluding hydrogens is 588 g/mol. The predicted octanol–water partition coefficient (Wildman–Crippen LogP) is 7.47. The highest BCUT2D eigenvalue weighted by atomic mass is 16.3. The predicted molar refractivity (Wildman–Crippen MR) is 183 cm³/mol. The first kappa shape index (κ1) is 30.3. The molecule has 7 nitrogen and oxygen atoms in total. The zero-order valence-electron chi connectivity index (χ0n) is 26.5. The normalized spacial score (nSPS) is 14.7. The van der Waals surface area contributed by atoms with Gasteiger partial charge in [-0.3, -0.25) is 24.1 Å². The average molecular weight is 623 g/mol. The van der Waals surface area contributed by atoms with Crippen LogP contribution in [0.2, 0.25) is 0 Å². The molecular formula is C40H34N2O5. The summed E-state index contributed by atoms with van der Waals surface area (Å²) in [6.45, 7) is 5.42. The van der Waals surface area contributed by atoms with Crippen LogP contribution in [0.5, 0.6) is 0 Å². The molecule has 2 heterocycles. The summed E-state index contributed by atoms with van der Waals surface area (Å²) in [6.07, 6.45) is 1.59. The van der Waals surface area contributed by atoms with E-state index in [4.69, 9.17) is 0 Å². The molecule has 0 bridgehead atoms. The van der Waals surface area contributed by atoms with Gasteiger partial charge in [0.05, 0.1) is 29.5 Å². The first-order chi connectivity index (χ1) is 22.9. The largest absolute Gasteiger partial charge is 0.394 e. The number of carbonyl (C=O) groups excluding carboxylic acids is 4. The fraction of sp³-hybridized carbons (Fsp3) is 0.200. The van der Waals surface area contributed by atoms with Gasteiger partial charge in [-0.1, -0.05) is 99.6 Å². The van der Waals surface area contributed by atoms with Crippen molar-refractivity contribution in [3.05, 3.63) is 124 Å². The molecule has 0 saturated heterocycles. The highest BCUT2D eigenvalue weighted by Crippen LogP contribution is 2.47. The van der Waals surface area contributed by atoms with E-state index in [9.17, 15) is 24.3 Å². The molecule has 234 valence electrons. The van der Waals surface area contributed by atoms with Gasteiger partial charge in [-0.2, -0.15) is 0 Å². The van der Waals surface area contributed by atoms with Gasteiger partial charge in [0.25, 0.3) is 23.6 Å². The van der Waals surface area contributed by atoms with Crippen molar-refractivity contribution in [1.82, 2.24) is 4.90 Å². The van der Waals surface area contributed by atoms with Crippen LogP contribution in [0, 0.1) is 0 Å². The van der Waals surface area contributed by atoms with Crippen molar-refractivity contribution in [2.75, 3.05) is 11.5 Å². The van der Waals surface area contributed by atoms with Crippen LogP contribution in [-0.2, 0) is 12.8 Å². The van der Waals surface area contributed by atoms with E-state index in [0.717, 1.165) is 16.0 Å². The Balaban J connectivity index is 1.66. The molecule has 47 heavy (non-hydrogen) atoms. The van der Waals surface area contributed by atoms with Crippen LogP contribution >= 0.6 is 0 Å². The molecule has 2 aliphatic rings. The first-order valence-electron chi connectivity index (χ1n) is 16.1. The van der Waals surface area contributed by atoms with Gasteiger partial charge in [-0.25, -0.2) is 4.90 Å². The molecule has 1 atom stereocenters. The fourth-order valence-corrected chi connectivity index (χ4v) is 7.21. The van der Waals surface area contributed by atoms with E-state index in [1.807, 2.05) is 99.6 Å². The Morgan fingerprint density at radius 1 is 0.574 bits per heavy atom. The van der Waals surface area contributed by atoms with E-state index in [-0.39, 0.29) is 22.3 Å². The van der Waals surface area contributed by atoms with Gasteiger partial charge in [-0.15, -0.1) is 0 Å². The van der Waals surface area contributed by atoms with Gasteiger partial charge >= 0.3 is 0 Å². The summed E-state index contributed by atoms with van der Waals surface area (Å²) in [5, 5.41) is 10.9. The second-order valence-electron chi connectivity index (χ2n) is 12.0. The topological polar surface area (TPSA) is 95.0 Å². The van der Waals surface area contributed by atoms with Crippen molar-refractivity contribution >= 4 is 40.1 Å². The third-order valence-corrected chi connectivity index (χ3v) is 9.54. The Kier molecular flexibility index (Phi) is 7.57. The standard InChI is InChI=1S/C40H34N2O5/c1-4-23-18-13-19-24(5-2)36(23)42-38(45)31-21-28(25-14-9-7-10-15-25)34-32-30(37(44)41(39(34)46)27(6-3)22-43)20-29(26-16-11-8-12-17-26)35(33(31)32)40(42)47/h7-21,27,43H,4-6,22H2,1-3H3. The minimum atomic E-state index is -0.744. The van der Waals surface area contributed by atoms with E-state index in [1.165, 1.54) is 4.90 Å². The van der Waals surface area contributed by atoms with Crippen molar-refractivity contribution in [3.8, 4) is 22.3 Å². The van der Waals surface area contributed by atoms with E-state index in [2.05, 4.69) is 0 Å². The molecule has 0 aromatic heterocycles. The number of amides is 4. The lowest BCUT2D eigenvalue weighted by atomic mass is 9.78. The van der Waals surface area contributed by atoms with Crippen LogP contribution in [0.3, 0.4) is 0 Å². The summed E-state index contributed by atoms with van der Waals surface area (Å²) < 4.78 is 0. The molecule has 5 aromatic rings. The van der Waals surface area contributed by atoms with Gasteiger partial charge in [0, 0.05) is 21.9 Å². The molecule has 7 rings (SSSR count). The second kappa shape index (κ2) is 11.8. The number of aliphatic hydroxyl groups excluding tert-OH is 1. The van der Waals surface area contributed by atoms with Crippen LogP contribution in [0.4, 0.5) is 5.69 Å². The molecule has 0 spiro atoms. The number of rotatable bonds is 8. The van der Waals surface area contributed by atoms with E-state index < -0.39 is 36.3 Å². The molecule has 2 aliphatic heterocycles. The monoisotopic (exact) mass is 622 g/mol. The van der Waals surface area contributed by atoms with Gasteiger partial charge < -0.3 is 5.11 Å². The molecule has 5 aromatic carbocycles. The minimum absolute atomic E-state index is 0.223. The van der Waals surface area contributed by atoms with Crippen molar-refractivity contribution < 1.29 is 24.3 Å². The summed E-state index contributed by atoms with van der Waals surface area (Å²) in [4.78, 5) is 61.1. The smallest absolute Gasteiger partial charge is 0.266 e. The summed E-state index contributed by atoms with van der Waals surface area (Å²) in [5.41, 5.74) is 5.72. The van der Waals surface area contributed by atoms with Gasteiger partial charge in [0.1, 0.15) is 0 Å². The number of aliphatic hydroxyl groups is 1. The summed E-state index contributed by atoms with van der Waals surface area (Å²) in [5.74, 6) is -2.11. The maximum absolute atomic E-state index is 14.9. The molecule has 1 N–H and O–H groups in total. The molecule has 0 radical (unpaired) electrons. The molecule has 0 fully saturated rings. The van der Waals surface area contributed by atoms with Gasteiger partial charge in [-0.05, 0) is 64.8 Å². The molecule has 0 aliphatic carbocycles. The number of para-hydroxylation sites is 1. The zero-order chi connectivity index (χ0) is 33.0. The Morgan fingerprint density at radius 3 is 1.53 bits per heavy atom. The van der Waals surface area contributed by atoms with E-state index in [0.29, 0.717) is 58.0 Å². The van der Waals surface area contributed by atoms with Crippen LogP contribution < -0.4 is 4.90 Å².